The maximum atomic E-state index is 15.7. The summed E-state index contributed by atoms with van der Waals surface area (Å²) < 4.78 is 36.3. The lowest BCUT2D eigenvalue weighted by atomic mass is 9.44. The highest BCUT2D eigenvalue weighted by Gasteiger charge is 2.78. The Kier molecular flexibility index (Phi) is 14.0. The number of amides is 1. The van der Waals surface area contributed by atoms with E-state index in [1.807, 2.05) is 0 Å². The number of aliphatic hydroxyl groups excluding tert-OH is 1. The molecule has 11 atom stereocenters. The van der Waals surface area contributed by atoms with E-state index < -0.39 is 137 Å². The molecule has 18 heteroatoms. The Hall–Kier alpha value is -6.76. The maximum absolute atomic E-state index is 15.7. The summed E-state index contributed by atoms with van der Waals surface area (Å²) >= 11 is 0. The largest absolute Gasteiger partial charge is 0.481 e. The van der Waals surface area contributed by atoms with E-state index in [0.717, 1.165) is 13.8 Å². The van der Waals surface area contributed by atoms with Gasteiger partial charge < -0.3 is 49.1 Å². The van der Waals surface area contributed by atoms with Crippen molar-refractivity contribution in [2.24, 2.45) is 16.7 Å². The third kappa shape index (κ3) is 9.15. The van der Waals surface area contributed by atoms with Crippen LogP contribution in [0.4, 0.5) is 0 Å². The van der Waals surface area contributed by atoms with Crippen LogP contribution in [-0.2, 0) is 57.2 Å². The SMILES string of the molecule is CC(=O)O[C@H]1C(=O)[C@@]2(C)[C@H]([C@H](OC(=O)c3ccccc3)[C@]3(O)CC(OC(=O)[C@H](OC(=O)CCC(=O)O)C(NC(=O)c4ccccc4)c4ccccc4)C(C)=C1C3(C)C)[C@]1(OC(C)=O)CO[C@@H]1C[C@@H]2O. The van der Waals surface area contributed by atoms with Crippen LogP contribution in [0.15, 0.2) is 102 Å². The number of hydrogen-bond acceptors (Lipinski definition) is 16. The van der Waals surface area contributed by atoms with Gasteiger partial charge in [-0.3, -0.25) is 28.8 Å². The van der Waals surface area contributed by atoms with Crippen molar-refractivity contribution in [3.63, 3.8) is 0 Å². The number of ether oxygens (including phenoxy) is 6. The minimum atomic E-state index is -2.50. The normalized spacial score (nSPS) is 29.7. The fourth-order valence-corrected chi connectivity index (χ4v) is 10.7. The number of fused-ring (bicyclic) bond motifs is 5. The quantitative estimate of drug-likeness (QED) is 0.100. The molecule has 4 aliphatic rings. The van der Waals surface area contributed by atoms with Gasteiger partial charge in [-0.15, -0.1) is 0 Å². The van der Waals surface area contributed by atoms with E-state index >= 15 is 9.59 Å². The number of carbonyl (C=O) groups excluding carboxylic acids is 7. The van der Waals surface area contributed by atoms with Gasteiger partial charge in [0, 0.05) is 37.7 Å². The highest BCUT2D eigenvalue weighted by Crippen LogP contribution is 2.64. The first kappa shape index (κ1) is 50.1. The molecule has 18 nitrogen and oxygen atoms in total. The zero-order chi connectivity index (χ0) is 50.2. The highest BCUT2D eigenvalue weighted by molar-refractivity contribution is 5.96. The molecule has 1 saturated heterocycles. The number of benzene rings is 3. The van der Waals surface area contributed by atoms with Gasteiger partial charge in [0.2, 0.25) is 6.10 Å². The minimum Gasteiger partial charge on any atom is -0.481 e. The van der Waals surface area contributed by atoms with Crippen LogP contribution in [0.25, 0.3) is 0 Å². The molecule has 2 bridgehead atoms. The number of rotatable bonds is 14. The molecule has 366 valence electrons. The molecule has 1 amide bonds. The van der Waals surface area contributed by atoms with E-state index in [0.29, 0.717) is 0 Å². The van der Waals surface area contributed by atoms with E-state index in [-0.39, 0.29) is 40.9 Å². The zero-order valence-corrected chi connectivity index (χ0v) is 38.9. The van der Waals surface area contributed by atoms with Gasteiger partial charge in [-0.25, -0.2) is 9.59 Å². The van der Waals surface area contributed by atoms with Crippen LogP contribution < -0.4 is 5.32 Å². The Balaban J connectivity index is 1.42. The molecule has 0 radical (unpaired) electrons. The van der Waals surface area contributed by atoms with Crippen molar-refractivity contribution in [3.05, 3.63) is 119 Å². The smallest absolute Gasteiger partial charge is 0.350 e. The van der Waals surface area contributed by atoms with Crippen LogP contribution in [0.2, 0.25) is 0 Å². The number of aliphatic carboxylic acids is 1. The second-order valence-corrected chi connectivity index (χ2v) is 18.7. The third-order valence-corrected chi connectivity index (χ3v) is 14.3. The predicted octanol–water partition coefficient (Wildman–Crippen LogP) is 4.15. The van der Waals surface area contributed by atoms with Crippen LogP contribution in [-0.4, -0.2) is 117 Å². The van der Waals surface area contributed by atoms with Gasteiger partial charge in [0.25, 0.3) is 5.91 Å². The van der Waals surface area contributed by atoms with Gasteiger partial charge in [0.15, 0.2) is 17.5 Å². The molecule has 7 rings (SSSR count). The van der Waals surface area contributed by atoms with E-state index in [9.17, 15) is 44.1 Å². The number of Topliss-reactive ketones (excluding diaryl/α,β-unsaturated/α-hetero) is 1. The summed E-state index contributed by atoms with van der Waals surface area (Å²) in [7, 11) is 0. The number of esters is 5. The molecule has 0 aromatic heterocycles. The zero-order valence-electron chi connectivity index (χ0n) is 38.9. The second-order valence-electron chi connectivity index (χ2n) is 18.7. The number of carbonyl (C=O) groups is 8. The molecule has 2 unspecified atom stereocenters. The maximum Gasteiger partial charge on any atom is 0.350 e. The average molecular weight is 954 g/mol. The van der Waals surface area contributed by atoms with Crippen molar-refractivity contribution in [1.29, 1.82) is 0 Å². The van der Waals surface area contributed by atoms with Crippen LogP contribution in [0.5, 0.6) is 0 Å². The number of nitrogens with one attached hydrogen (secondary N) is 1. The molecule has 3 fully saturated rings. The summed E-state index contributed by atoms with van der Waals surface area (Å²) in [4.78, 5) is 110. The van der Waals surface area contributed by atoms with Gasteiger partial charge in [-0.05, 0) is 54.8 Å². The first-order valence-corrected chi connectivity index (χ1v) is 22.5. The van der Waals surface area contributed by atoms with Crippen molar-refractivity contribution in [1.82, 2.24) is 5.32 Å². The Morgan fingerprint density at radius 1 is 0.812 bits per heavy atom. The summed E-state index contributed by atoms with van der Waals surface area (Å²) in [6.07, 6.45) is -12.5. The summed E-state index contributed by atoms with van der Waals surface area (Å²) in [6.45, 7) is 7.68. The summed E-state index contributed by atoms with van der Waals surface area (Å²) in [5.41, 5.74) is -7.77. The summed E-state index contributed by atoms with van der Waals surface area (Å²) in [6, 6.07) is 22.1. The molecule has 3 aliphatic carbocycles. The van der Waals surface area contributed by atoms with Crippen LogP contribution in [0.1, 0.15) is 99.5 Å². The van der Waals surface area contributed by atoms with Gasteiger partial charge >= 0.3 is 35.8 Å². The number of carboxylic acid groups (broad SMARTS) is 1. The van der Waals surface area contributed by atoms with Crippen LogP contribution in [0, 0.1) is 16.7 Å². The van der Waals surface area contributed by atoms with E-state index in [1.165, 1.54) is 52.0 Å². The molecule has 0 spiro atoms. The molecule has 3 aromatic rings. The lowest BCUT2D eigenvalue weighted by Crippen LogP contribution is -2.82. The Morgan fingerprint density at radius 3 is 1.96 bits per heavy atom. The van der Waals surface area contributed by atoms with Crippen molar-refractivity contribution < 1.29 is 82.1 Å². The lowest BCUT2D eigenvalue weighted by molar-refractivity contribution is -0.346. The fraction of sp³-hybridized carbons (Fsp3) is 0.451. The molecular formula is C51H55NO17. The minimum absolute atomic E-state index is 0.0221. The Bertz CT molecular complexity index is 2550. The van der Waals surface area contributed by atoms with Crippen LogP contribution >= 0.6 is 0 Å². The first-order valence-electron chi connectivity index (χ1n) is 22.5. The van der Waals surface area contributed by atoms with Gasteiger partial charge in [-0.2, -0.15) is 0 Å². The number of ketones is 1. The topological polar surface area (TPSA) is 265 Å². The van der Waals surface area contributed by atoms with Crippen LogP contribution in [0.3, 0.4) is 0 Å². The number of aliphatic hydroxyl groups is 2. The lowest BCUT2D eigenvalue weighted by Gasteiger charge is -2.67. The van der Waals surface area contributed by atoms with Crippen molar-refractivity contribution in [2.75, 3.05) is 6.61 Å². The molecule has 4 N–H and O–H groups in total. The Labute approximate surface area is 397 Å². The molecule has 3 aromatic carbocycles. The Morgan fingerprint density at radius 2 is 1.41 bits per heavy atom. The average Bonchev–Trinajstić information content (AvgIpc) is 3.30. The first-order chi connectivity index (χ1) is 32.6. The highest BCUT2D eigenvalue weighted by atomic mass is 16.6. The number of hydrogen-bond donors (Lipinski definition) is 4. The summed E-state index contributed by atoms with van der Waals surface area (Å²) in [5.74, 6) is -9.78. The molecule has 69 heavy (non-hydrogen) atoms. The predicted molar refractivity (Wildman–Crippen MR) is 238 cm³/mol. The van der Waals surface area contributed by atoms with Gasteiger partial charge in [0.05, 0.1) is 42.4 Å². The van der Waals surface area contributed by atoms with Gasteiger partial charge in [0.1, 0.15) is 30.0 Å². The standard InChI is InChI=1S/C51H55NO17/c1-27-33(66-47(62)41(67-37(58)23-22-36(56)57)39(30-16-10-7-11-17-30)52-45(60)31-18-12-8-13-19-31)25-51(63)44(68-46(61)32-20-14-9-15-21-32)42-49(6,34(55)24-35-50(42,26-64-35)69-29(3)54)43(59)40(65-28(2)53)38(27)48(51,4)5/h7-21,33-35,39-42,44,55,63H,22-26H2,1-6H3,(H,52,60)(H,56,57)/t33?,34-,35+,39?,40+,41+,42-,44-,49+,50-,51+/m0/s1. The molecule has 2 saturated carbocycles. The monoisotopic (exact) mass is 953 g/mol. The molecular weight excluding hydrogens is 899 g/mol. The molecule has 1 aliphatic heterocycles. The summed E-state index contributed by atoms with van der Waals surface area (Å²) in [5, 5.41) is 38.2. The third-order valence-electron chi connectivity index (χ3n) is 14.3. The van der Waals surface area contributed by atoms with Crippen molar-refractivity contribution in [3.8, 4) is 0 Å². The van der Waals surface area contributed by atoms with E-state index in [1.54, 1.807) is 66.7 Å². The van der Waals surface area contributed by atoms with E-state index in [2.05, 4.69) is 5.32 Å². The van der Waals surface area contributed by atoms with Crippen molar-refractivity contribution >= 4 is 47.5 Å². The molecule has 1 heterocycles. The van der Waals surface area contributed by atoms with Gasteiger partial charge in [-0.1, -0.05) is 80.6 Å². The fourth-order valence-electron chi connectivity index (χ4n) is 10.7. The second kappa shape index (κ2) is 19.3. The van der Waals surface area contributed by atoms with E-state index in [4.69, 9.17) is 28.4 Å². The van der Waals surface area contributed by atoms with Crippen molar-refractivity contribution in [2.45, 2.75) is 121 Å². The number of carboxylic acids is 1.